The number of carbonyl (C=O) groups is 1. The van der Waals surface area contributed by atoms with E-state index in [4.69, 9.17) is 4.42 Å². The molecule has 0 fully saturated rings. The number of thiazole rings is 1. The molecule has 0 aliphatic rings. The van der Waals surface area contributed by atoms with Crippen LogP contribution in [-0.4, -0.2) is 20.7 Å². The van der Waals surface area contributed by atoms with Gasteiger partial charge in [0.05, 0.1) is 16.8 Å². The summed E-state index contributed by atoms with van der Waals surface area (Å²) in [6, 6.07) is 14.2. The summed E-state index contributed by atoms with van der Waals surface area (Å²) in [6.45, 7) is 0.217. The molecule has 1 amide bonds. The molecule has 4 rings (SSSR count). The maximum atomic E-state index is 12.1. The molecule has 0 aliphatic carbocycles. The molecule has 4 aromatic rings. The van der Waals surface area contributed by atoms with Crippen LogP contribution in [0.3, 0.4) is 0 Å². The van der Waals surface area contributed by atoms with Crippen LogP contribution in [0.1, 0.15) is 16.2 Å². The Kier molecular flexibility index (Phi) is 4.10. The number of carbonyl (C=O) groups excluding carboxylic acids is 1. The highest BCUT2D eigenvalue weighted by atomic mass is 32.1. The number of fused-ring (bicyclic) bond motifs is 1. The van der Waals surface area contributed by atoms with E-state index in [-0.39, 0.29) is 23.7 Å². The van der Waals surface area contributed by atoms with E-state index in [0.717, 1.165) is 19.9 Å². The zero-order chi connectivity index (χ0) is 18.1. The summed E-state index contributed by atoms with van der Waals surface area (Å²) in [5.74, 6) is 0.895. The van der Waals surface area contributed by atoms with E-state index in [2.05, 4.69) is 15.4 Å². The molecule has 26 heavy (non-hydrogen) atoms. The van der Waals surface area contributed by atoms with E-state index in [1.807, 2.05) is 30.3 Å². The zero-order valence-corrected chi connectivity index (χ0v) is 14.6. The maximum absolute atomic E-state index is 12.1. The number of aryl methyl sites for hydroxylation is 1. The minimum Gasteiger partial charge on any atom is -0.457 e. The molecule has 1 N–H and O–H groups in total. The SMILES string of the molecule is Cn1nc(C(=O)NCc2ccc(-c3nc4ccccc4s3)o2)ccc1=O. The minimum atomic E-state index is -0.376. The summed E-state index contributed by atoms with van der Waals surface area (Å²) < 4.78 is 8.00. The van der Waals surface area contributed by atoms with Gasteiger partial charge in [0.25, 0.3) is 11.5 Å². The number of hydrogen-bond acceptors (Lipinski definition) is 6. The van der Waals surface area contributed by atoms with Crippen molar-refractivity contribution in [1.29, 1.82) is 0 Å². The third-order valence-corrected chi connectivity index (χ3v) is 4.83. The predicted octanol–water partition coefficient (Wildman–Crippen LogP) is 2.58. The first-order valence-corrected chi connectivity index (χ1v) is 8.69. The quantitative estimate of drug-likeness (QED) is 0.599. The fourth-order valence-corrected chi connectivity index (χ4v) is 3.37. The first-order valence-electron chi connectivity index (χ1n) is 7.87. The predicted molar refractivity (Wildman–Crippen MR) is 98.0 cm³/mol. The van der Waals surface area contributed by atoms with Crippen LogP contribution >= 0.6 is 11.3 Å². The monoisotopic (exact) mass is 366 g/mol. The largest absolute Gasteiger partial charge is 0.457 e. The molecular formula is C18H14N4O3S. The molecule has 3 heterocycles. The van der Waals surface area contributed by atoms with E-state index in [1.54, 1.807) is 17.4 Å². The van der Waals surface area contributed by atoms with Crippen LogP contribution < -0.4 is 10.9 Å². The molecule has 0 unspecified atom stereocenters. The number of benzene rings is 1. The van der Waals surface area contributed by atoms with Crippen molar-refractivity contribution in [2.24, 2.45) is 7.05 Å². The smallest absolute Gasteiger partial charge is 0.272 e. The second-order valence-electron chi connectivity index (χ2n) is 5.62. The van der Waals surface area contributed by atoms with Crippen LogP contribution in [0.5, 0.6) is 0 Å². The van der Waals surface area contributed by atoms with E-state index < -0.39 is 0 Å². The Bertz CT molecular complexity index is 1130. The van der Waals surface area contributed by atoms with E-state index in [0.29, 0.717) is 11.5 Å². The maximum Gasteiger partial charge on any atom is 0.272 e. The third-order valence-electron chi connectivity index (χ3n) is 3.78. The zero-order valence-electron chi connectivity index (χ0n) is 13.8. The Hall–Kier alpha value is -3.26. The lowest BCUT2D eigenvalue weighted by atomic mass is 10.3. The molecule has 7 nitrogen and oxygen atoms in total. The highest BCUT2D eigenvalue weighted by Crippen LogP contribution is 2.31. The fourth-order valence-electron chi connectivity index (χ4n) is 2.45. The van der Waals surface area contributed by atoms with Gasteiger partial charge in [0.2, 0.25) is 0 Å². The van der Waals surface area contributed by atoms with Gasteiger partial charge >= 0.3 is 0 Å². The van der Waals surface area contributed by atoms with Gasteiger partial charge in [0.15, 0.2) is 10.8 Å². The minimum absolute atomic E-state index is 0.171. The highest BCUT2D eigenvalue weighted by Gasteiger charge is 2.12. The van der Waals surface area contributed by atoms with Crippen molar-refractivity contribution < 1.29 is 9.21 Å². The Morgan fingerprint density at radius 2 is 2.04 bits per heavy atom. The van der Waals surface area contributed by atoms with E-state index >= 15 is 0 Å². The number of aromatic nitrogens is 3. The third kappa shape index (κ3) is 3.14. The molecule has 1 aromatic carbocycles. The van der Waals surface area contributed by atoms with Crippen molar-refractivity contribution in [3.05, 3.63) is 70.3 Å². The molecule has 8 heteroatoms. The average molecular weight is 366 g/mol. The van der Waals surface area contributed by atoms with Crippen molar-refractivity contribution >= 4 is 27.5 Å². The number of hydrogen-bond donors (Lipinski definition) is 1. The molecular weight excluding hydrogens is 352 g/mol. The second kappa shape index (κ2) is 6.57. The molecule has 0 saturated carbocycles. The van der Waals surface area contributed by atoms with Crippen LogP contribution in [0, 0.1) is 0 Å². The Morgan fingerprint density at radius 3 is 2.85 bits per heavy atom. The molecule has 3 aromatic heterocycles. The van der Waals surface area contributed by atoms with Crippen molar-refractivity contribution in [2.75, 3.05) is 0 Å². The molecule has 130 valence electrons. The lowest BCUT2D eigenvalue weighted by molar-refractivity contribution is 0.0941. The van der Waals surface area contributed by atoms with Gasteiger partial charge in [-0.15, -0.1) is 11.3 Å². The number of nitrogens with one attached hydrogen (secondary N) is 1. The van der Waals surface area contributed by atoms with Gasteiger partial charge in [-0.25, -0.2) is 9.67 Å². The van der Waals surface area contributed by atoms with Gasteiger partial charge < -0.3 is 9.73 Å². The summed E-state index contributed by atoms with van der Waals surface area (Å²) in [6.07, 6.45) is 0. The topological polar surface area (TPSA) is 90.0 Å². The molecule has 0 aliphatic heterocycles. The van der Waals surface area contributed by atoms with Gasteiger partial charge in [-0.3, -0.25) is 9.59 Å². The van der Waals surface area contributed by atoms with Crippen LogP contribution in [0.4, 0.5) is 0 Å². The summed E-state index contributed by atoms with van der Waals surface area (Å²) in [7, 11) is 1.50. The van der Waals surface area contributed by atoms with Crippen molar-refractivity contribution in [1.82, 2.24) is 20.1 Å². The van der Waals surface area contributed by atoms with E-state index in [9.17, 15) is 9.59 Å². The van der Waals surface area contributed by atoms with Crippen LogP contribution in [0.15, 0.2) is 57.7 Å². The van der Waals surface area contributed by atoms with Crippen molar-refractivity contribution in [3.8, 4) is 10.8 Å². The first kappa shape index (κ1) is 16.2. The standard InChI is InChI=1S/C18H14N4O3S/c1-22-16(23)9-7-13(21-22)17(24)19-10-11-6-8-14(25-11)18-20-12-4-2-3-5-15(12)26-18/h2-9H,10H2,1H3,(H,19,24). The molecule has 0 saturated heterocycles. The first-order chi connectivity index (χ1) is 12.6. The average Bonchev–Trinajstić information content (AvgIpc) is 3.28. The number of para-hydroxylation sites is 1. The fraction of sp³-hybridized carbons (Fsp3) is 0.111. The molecule has 0 bridgehead atoms. The van der Waals surface area contributed by atoms with Gasteiger partial charge in [0, 0.05) is 13.1 Å². The molecule has 0 radical (unpaired) electrons. The van der Waals surface area contributed by atoms with Gasteiger partial charge in [-0.2, -0.15) is 5.10 Å². The summed E-state index contributed by atoms with van der Waals surface area (Å²) in [5.41, 5.74) is 0.831. The molecule has 0 atom stereocenters. The van der Waals surface area contributed by atoms with Crippen LogP contribution in [-0.2, 0) is 13.6 Å². The van der Waals surface area contributed by atoms with Crippen molar-refractivity contribution in [2.45, 2.75) is 6.54 Å². The van der Waals surface area contributed by atoms with Crippen LogP contribution in [0.2, 0.25) is 0 Å². The Labute approximate surface area is 151 Å². The van der Waals surface area contributed by atoms with Gasteiger partial charge in [0.1, 0.15) is 11.5 Å². The number of furan rings is 1. The van der Waals surface area contributed by atoms with Crippen LogP contribution in [0.25, 0.3) is 21.0 Å². The second-order valence-corrected chi connectivity index (χ2v) is 6.65. The number of amides is 1. The lowest BCUT2D eigenvalue weighted by Crippen LogP contribution is -2.27. The van der Waals surface area contributed by atoms with Gasteiger partial charge in [-0.05, 0) is 30.3 Å². The normalized spacial score (nSPS) is 11.0. The summed E-state index contributed by atoms with van der Waals surface area (Å²) in [4.78, 5) is 28.0. The Balaban J connectivity index is 1.47. The lowest BCUT2D eigenvalue weighted by Gasteiger charge is -2.03. The number of nitrogens with zero attached hydrogens (tertiary/aromatic N) is 3. The molecule has 0 spiro atoms. The number of rotatable bonds is 4. The van der Waals surface area contributed by atoms with Crippen molar-refractivity contribution in [3.63, 3.8) is 0 Å². The summed E-state index contributed by atoms with van der Waals surface area (Å²) in [5, 5.41) is 7.44. The highest BCUT2D eigenvalue weighted by molar-refractivity contribution is 7.21. The Morgan fingerprint density at radius 1 is 1.19 bits per heavy atom. The van der Waals surface area contributed by atoms with E-state index in [1.165, 1.54) is 19.2 Å². The summed E-state index contributed by atoms with van der Waals surface area (Å²) >= 11 is 1.55. The van der Waals surface area contributed by atoms with Gasteiger partial charge in [-0.1, -0.05) is 12.1 Å².